The molecule has 0 bridgehead atoms. The number of halogens is 2. The second-order valence-corrected chi connectivity index (χ2v) is 6.54. The van der Waals surface area contributed by atoms with Gasteiger partial charge in [0.15, 0.2) is 0 Å². The summed E-state index contributed by atoms with van der Waals surface area (Å²) in [5, 5.41) is 18.6. The first-order valence-electron chi connectivity index (χ1n) is 5.20. The molecule has 0 aliphatic heterocycles. The lowest BCUT2D eigenvalue weighted by Crippen LogP contribution is -2.50. The summed E-state index contributed by atoms with van der Waals surface area (Å²) in [7, 11) is 0. The van der Waals surface area contributed by atoms with Gasteiger partial charge in [-0.1, -0.05) is 12.1 Å². The molecule has 4 N–H and O–H groups in total. The molecular weight excluding hydrogens is 478 g/mol. The van der Waals surface area contributed by atoms with E-state index in [0.29, 0.717) is 5.56 Å². The SMILES string of the molecule is NCC(=O)N(I)[C@@](I)(Cc1ccc(O)cc1)C(=O)O. The zero-order valence-electron chi connectivity index (χ0n) is 9.72. The van der Waals surface area contributed by atoms with E-state index in [1.165, 1.54) is 12.1 Å². The molecule has 0 fully saturated rings. The number of amides is 1. The Balaban J connectivity index is 3.03. The number of nitrogens with zero attached hydrogens (tertiary/aromatic N) is 1. The lowest BCUT2D eigenvalue weighted by Gasteiger charge is -2.31. The highest BCUT2D eigenvalue weighted by Crippen LogP contribution is 2.32. The van der Waals surface area contributed by atoms with E-state index >= 15 is 0 Å². The van der Waals surface area contributed by atoms with E-state index < -0.39 is 15.4 Å². The summed E-state index contributed by atoms with van der Waals surface area (Å²) in [6, 6.07) is 6.17. The fourth-order valence-corrected chi connectivity index (χ4v) is 2.67. The number of aliphatic carboxylic acids is 1. The van der Waals surface area contributed by atoms with Crippen molar-refractivity contribution in [1.82, 2.24) is 3.11 Å². The molecule has 104 valence electrons. The largest absolute Gasteiger partial charge is 0.508 e. The first kappa shape index (κ1) is 16.4. The Bertz CT molecular complexity index is 480. The minimum Gasteiger partial charge on any atom is -0.508 e. The fraction of sp³-hybridized carbons (Fsp3) is 0.273. The van der Waals surface area contributed by atoms with Crippen LogP contribution in [0.25, 0.3) is 0 Å². The first-order valence-corrected chi connectivity index (χ1v) is 7.24. The molecule has 0 aliphatic rings. The van der Waals surface area contributed by atoms with Gasteiger partial charge in [-0.15, -0.1) is 0 Å². The van der Waals surface area contributed by atoms with Gasteiger partial charge in [-0.05, 0) is 40.3 Å². The van der Waals surface area contributed by atoms with Gasteiger partial charge in [0.05, 0.1) is 29.4 Å². The molecular formula is C11H12I2N2O4. The molecule has 1 aromatic carbocycles. The van der Waals surface area contributed by atoms with Crippen molar-refractivity contribution in [3.05, 3.63) is 29.8 Å². The van der Waals surface area contributed by atoms with Gasteiger partial charge in [0.25, 0.3) is 0 Å². The van der Waals surface area contributed by atoms with Crippen LogP contribution in [0.4, 0.5) is 0 Å². The van der Waals surface area contributed by atoms with Gasteiger partial charge in [-0.2, -0.15) is 0 Å². The molecule has 0 radical (unpaired) electrons. The average molecular weight is 490 g/mol. The zero-order valence-corrected chi connectivity index (χ0v) is 14.0. The van der Waals surface area contributed by atoms with Crippen molar-refractivity contribution in [1.29, 1.82) is 0 Å². The molecule has 0 heterocycles. The number of carboxylic acids is 1. The van der Waals surface area contributed by atoms with Crippen molar-refractivity contribution < 1.29 is 19.8 Å². The molecule has 0 spiro atoms. The van der Waals surface area contributed by atoms with Crippen LogP contribution < -0.4 is 5.73 Å². The summed E-state index contributed by atoms with van der Waals surface area (Å²) in [6.45, 7) is -0.253. The van der Waals surface area contributed by atoms with Crippen LogP contribution in [0, 0.1) is 0 Å². The smallest absolute Gasteiger partial charge is 0.341 e. The topological polar surface area (TPSA) is 104 Å². The number of rotatable bonds is 5. The first-order chi connectivity index (χ1) is 8.81. The van der Waals surface area contributed by atoms with Crippen LogP contribution in [0.15, 0.2) is 24.3 Å². The number of benzene rings is 1. The lowest BCUT2D eigenvalue weighted by atomic mass is 10.1. The van der Waals surface area contributed by atoms with E-state index in [2.05, 4.69) is 0 Å². The van der Waals surface area contributed by atoms with Crippen LogP contribution in [0.5, 0.6) is 5.75 Å². The number of aromatic hydroxyl groups is 1. The van der Waals surface area contributed by atoms with Crippen molar-refractivity contribution in [3.63, 3.8) is 0 Å². The van der Waals surface area contributed by atoms with E-state index in [1.807, 2.05) is 0 Å². The number of hydrogen-bond acceptors (Lipinski definition) is 4. The van der Waals surface area contributed by atoms with Crippen molar-refractivity contribution in [3.8, 4) is 5.75 Å². The van der Waals surface area contributed by atoms with Crippen LogP contribution in [-0.4, -0.2) is 35.3 Å². The van der Waals surface area contributed by atoms with Gasteiger partial charge in [0, 0.05) is 6.42 Å². The highest BCUT2D eigenvalue weighted by molar-refractivity contribution is 14.1. The number of phenolic OH excluding ortho intramolecular Hbond substituents is 1. The lowest BCUT2D eigenvalue weighted by molar-refractivity contribution is -0.145. The van der Waals surface area contributed by atoms with Crippen LogP contribution in [0.1, 0.15) is 5.56 Å². The Morgan fingerprint density at radius 3 is 2.26 bits per heavy atom. The summed E-state index contributed by atoms with van der Waals surface area (Å²) < 4.78 is -0.327. The third kappa shape index (κ3) is 3.92. The highest BCUT2D eigenvalue weighted by Gasteiger charge is 2.43. The maximum atomic E-state index is 11.6. The molecule has 8 heteroatoms. The Labute approximate surface area is 137 Å². The molecule has 0 aliphatic carbocycles. The van der Waals surface area contributed by atoms with Crippen molar-refractivity contribution in [2.75, 3.05) is 6.54 Å². The number of alkyl halides is 1. The van der Waals surface area contributed by atoms with E-state index in [4.69, 9.17) is 5.73 Å². The number of hydrogen-bond donors (Lipinski definition) is 3. The molecule has 1 amide bonds. The van der Waals surface area contributed by atoms with Gasteiger partial charge in [0.1, 0.15) is 5.75 Å². The Kier molecular flexibility index (Phi) is 5.80. The van der Waals surface area contributed by atoms with Crippen molar-refractivity contribution in [2.24, 2.45) is 5.73 Å². The second kappa shape index (κ2) is 6.70. The number of carbonyl (C=O) groups excluding carboxylic acids is 1. The van der Waals surface area contributed by atoms with Gasteiger partial charge in [0.2, 0.25) is 9.45 Å². The predicted molar refractivity (Wildman–Crippen MR) is 86.1 cm³/mol. The van der Waals surface area contributed by atoms with Crippen LogP contribution in [0.3, 0.4) is 0 Å². The third-order valence-electron chi connectivity index (χ3n) is 2.41. The average Bonchev–Trinajstić information content (AvgIpc) is 2.39. The summed E-state index contributed by atoms with van der Waals surface area (Å²) in [4.78, 5) is 23.1. The minimum atomic E-state index is -1.42. The molecule has 0 unspecified atom stereocenters. The highest BCUT2D eigenvalue weighted by atomic mass is 127. The Morgan fingerprint density at radius 2 is 1.84 bits per heavy atom. The molecule has 0 aromatic heterocycles. The van der Waals surface area contributed by atoms with Crippen LogP contribution in [0.2, 0.25) is 0 Å². The minimum absolute atomic E-state index is 0.0995. The summed E-state index contributed by atoms with van der Waals surface area (Å²) in [6.07, 6.45) is 0.109. The predicted octanol–water partition coefficient (Wildman–Crippen LogP) is 1.29. The normalized spacial score (nSPS) is 13.6. The van der Waals surface area contributed by atoms with E-state index in [9.17, 15) is 19.8 Å². The molecule has 6 nitrogen and oxygen atoms in total. The molecule has 0 saturated carbocycles. The summed E-state index contributed by atoms with van der Waals surface area (Å²) in [5.41, 5.74) is 5.95. The van der Waals surface area contributed by atoms with E-state index in [1.54, 1.807) is 57.6 Å². The van der Waals surface area contributed by atoms with Crippen molar-refractivity contribution in [2.45, 2.75) is 9.97 Å². The van der Waals surface area contributed by atoms with Gasteiger partial charge >= 0.3 is 5.97 Å². The third-order valence-corrected chi connectivity index (χ3v) is 6.02. The summed E-state index contributed by atoms with van der Waals surface area (Å²) >= 11 is 3.38. The van der Waals surface area contributed by atoms with E-state index in [-0.39, 0.29) is 18.7 Å². The fourth-order valence-electron chi connectivity index (χ4n) is 1.39. The number of carbonyl (C=O) groups is 2. The standard InChI is InChI=1S/C11H12I2N2O4/c12-11(10(18)19,15(13)9(17)6-14)5-7-1-3-8(16)4-2-7/h1-4,16H,5-6,14H2,(H,18,19)/t11-/m0/s1. The Morgan fingerprint density at radius 1 is 1.32 bits per heavy atom. The maximum absolute atomic E-state index is 11.6. The van der Waals surface area contributed by atoms with Crippen LogP contribution >= 0.6 is 45.5 Å². The summed E-state index contributed by atoms with van der Waals surface area (Å²) in [5.74, 6) is -1.49. The quantitative estimate of drug-likeness (QED) is 0.250. The van der Waals surface area contributed by atoms with Gasteiger partial charge in [-0.25, -0.2) is 4.79 Å². The molecule has 1 aromatic rings. The van der Waals surface area contributed by atoms with Crippen molar-refractivity contribution >= 4 is 57.3 Å². The van der Waals surface area contributed by atoms with Crippen LogP contribution in [-0.2, 0) is 16.0 Å². The molecule has 1 atom stereocenters. The monoisotopic (exact) mass is 490 g/mol. The zero-order chi connectivity index (χ0) is 14.6. The Hall–Kier alpha value is -0.620. The molecule has 0 saturated heterocycles. The number of carboxylic acid groups (broad SMARTS) is 1. The van der Waals surface area contributed by atoms with Gasteiger partial charge < -0.3 is 15.9 Å². The maximum Gasteiger partial charge on any atom is 0.341 e. The van der Waals surface area contributed by atoms with E-state index in [0.717, 1.165) is 3.11 Å². The second-order valence-electron chi connectivity index (χ2n) is 3.79. The van der Waals surface area contributed by atoms with Gasteiger partial charge in [-0.3, -0.25) is 7.91 Å². The number of phenols is 1. The molecule has 19 heavy (non-hydrogen) atoms. The molecule has 1 rings (SSSR count). The number of nitrogens with two attached hydrogens (primary N) is 1.